The van der Waals surface area contributed by atoms with Gasteiger partial charge < -0.3 is 14.6 Å². The zero-order chi connectivity index (χ0) is 25.0. The summed E-state index contributed by atoms with van der Waals surface area (Å²) in [5.74, 6) is 4.95. The molecule has 4 aromatic rings. The van der Waals surface area contributed by atoms with E-state index in [1.54, 1.807) is 42.1 Å². The largest absolute Gasteiger partial charge is 0.495 e. The third-order valence-electron chi connectivity index (χ3n) is 5.14. The molecule has 2 N–H and O–H groups in total. The molecule has 35 heavy (non-hydrogen) atoms. The summed E-state index contributed by atoms with van der Waals surface area (Å²) in [6, 6.07) is 10.0. The van der Waals surface area contributed by atoms with Gasteiger partial charge in [0.15, 0.2) is 11.4 Å². The molecule has 2 aromatic carbocycles. The molecule has 11 heteroatoms. The van der Waals surface area contributed by atoms with Crippen LogP contribution in [0.15, 0.2) is 58.2 Å². The van der Waals surface area contributed by atoms with Gasteiger partial charge in [-0.2, -0.15) is 5.10 Å². The standard InChI is InChI=1S/C24H23N5O5S/c1-4-7-22(30)25-12-18-13-26-29(15-18)14-17-10-16(2)23-20(11-17)34-27-24(23)28-35(31,32)21-9-6-5-8-19(21)33-3/h5-6,8-11,13,15H,12,14H2,1-3H3,(H,25,30)(H,27,28). The van der Waals surface area contributed by atoms with Crippen LogP contribution < -0.4 is 14.8 Å². The van der Waals surface area contributed by atoms with E-state index in [9.17, 15) is 13.2 Å². The van der Waals surface area contributed by atoms with E-state index < -0.39 is 10.0 Å². The molecule has 0 saturated heterocycles. The van der Waals surface area contributed by atoms with Crippen molar-refractivity contribution in [3.63, 3.8) is 0 Å². The van der Waals surface area contributed by atoms with Gasteiger partial charge in [0.2, 0.25) is 0 Å². The maximum atomic E-state index is 13.0. The number of rotatable bonds is 8. The Labute approximate surface area is 202 Å². The van der Waals surface area contributed by atoms with Crippen molar-refractivity contribution in [1.82, 2.24) is 20.3 Å². The molecule has 0 fully saturated rings. The fourth-order valence-electron chi connectivity index (χ4n) is 3.64. The molecule has 2 heterocycles. The summed E-state index contributed by atoms with van der Waals surface area (Å²) in [4.78, 5) is 11.5. The number of anilines is 1. The number of hydrogen-bond donors (Lipinski definition) is 2. The molecule has 2 aromatic heterocycles. The zero-order valence-electron chi connectivity index (χ0n) is 19.3. The van der Waals surface area contributed by atoms with Crippen LogP contribution >= 0.6 is 0 Å². The van der Waals surface area contributed by atoms with Gasteiger partial charge in [0.1, 0.15) is 10.6 Å². The first-order valence-electron chi connectivity index (χ1n) is 10.6. The molecule has 10 nitrogen and oxygen atoms in total. The van der Waals surface area contributed by atoms with Gasteiger partial charge in [0, 0.05) is 18.3 Å². The highest BCUT2D eigenvalue weighted by Gasteiger charge is 2.23. The third kappa shape index (κ3) is 5.28. The number of aromatic nitrogens is 3. The number of ether oxygens (including phenoxy) is 1. The van der Waals surface area contributed by atoms with Crippen LogP contribution in [0.2, 0.25) is 0 Å². The first-order chi connectivity index (χ1) is 16.8. The van der Waals surface area contributed by atoms with Crippen LogP contribution in [0.25, 0.3) is 11.0 Å². The average Bonchev–Trinajstić information content (AvgIpc) is 3.44. The van der Waals surface area contributed by atoms with Crippen LogP contribution in [0.5, 0.6) is 5.75 Å². The quantitative estimate of drug-likeness (QED) is 0.361. The molecule has 0 radical (unpaired) electrons. The number of nitrogens with one attached hydrogen (secondary N) is 2. The monoisotopic (exact) mass is 493 g/mol. The van der Waals surface area contributed by atoms with Gasteiger partial charge in [-0.05, 0) is 49.1 Å². The Kier molecular flexibility index (Phi) is 6.75. The molecule has 0 aliphatic carbocycles. The Bertz CT molecular complexity index is 1560. The smallest absolute Gasteiger partial charge is 0.296 e. The van der Waals surface area contributed by atoms with E-state index in [4.69, 9.17) is 9.26 Å². The Morgan fingerprint density at radius 3 is 2.80 bits per heavy atom. The van der Waals surface area contributed by atoms with E-state index in [-0.39, 0.29) is 22.4 Å². The molecule has 180 valence electrons. The van der Waals surface area contributed by atoms with Crippen LogP contribution in [0.4, 0.5) is 5.82 Å². The summed E-state index contributed by atoms with van der Waals surface area (Å²) in [5, 5.41) is 11.5. The van der Waals surface area contributed by atoms with Gasteiger partial charge >= 0.3 is 0 Å². The first-order valence-corrected chi connectivity index (χ1v) is 12.1. The normalized spacial score (nSPS) is 11.1. The van der Waals surface area contributed by atoms with E-state index >= 15 is 0 Å². The lowest BCUT2D eigenvalue weighted by atomic mass is 10.1. The number of aryl methyl sites for hydroxylation is 1. The van der Waals surface area contributed by atoms with E-state index in [2.05, 4.69) is 32.1 Å². The fraction of sp³-hybridized carbons (Fsp3) is 0.208. The van der Waals surface area contributed by atoms with Crippen molar-refractivity contribution in [2.75, 3.05) is 11.8 Å². The minimum absolute atomic E-state index is 0.000313. The SMILES string of the molecule is CC#CC(=O)NCc1cnn(Cc2cc(C)c3c(NS(=O)(=O)c4ccccc4OC)noc3c2)c1. The number of fused-ring (bicyclic) bond motifs is 1. The van der Waals surface area contributed by atoms with Crippen molar-refractivity contribution in [3.8, 4) is 17.6 Å². The molecule has 0 saturated carbocycles. The number of carbonyl (C=O) groups is 1. The summed E-state index contributed by atoms with van der Waals surface area (Å²) >= 11 is 0. The highest BCUT2D eigenvalue weighted by atomic mass is 32.2. The maximum Gasteiger partial charge on any atom is 0.296 e. The summed E-state index contributed by atoms with van der Waals surface area (Å²) in [7, 11) is -2.55. The van der Waals surface area contributed by atoms with E-state index in [1.165, 1.54) is 13.2 Å². The summed E-state index contributed by atoms with van der Waals surface area (Å²) in [6.07, 6.45) is 3.50. The van der Waals surface area contributed by atoms with Gasteiger partial charge in [-0.1, -0.05) is 29.3 Å². The number of nitrogens with zero attached hydrogens (tertiary/aromatic N) is 3. The summed E-state index contributed by atoms with van der Waals surface area (Å²) in [6.45, 7) is 4.22. The molecule has 0 bridgehead atoms. The van der Waals surface area contributed by atoms with Gasteiger partial charge in [0.05, 0.1) is 25.2 Å². The first kappa shape index (κ1) is 23.8. The minimum Gasteiger partial charge on any atom is -0.495 e. The third-order valence-corrected chi connectivity index (χ3v) is 6.52. The van der Waals surface area contributed by atoms with Crippen LogP contribution in [-0.4, -0.2) is 36.4 Å². The molecular formula is C24H23N5O5S. The molecule has 0 atom stereocenters. The molecule has 0 aliphatic rings. The predicted octanol–water partition coefficient (Wildman–Crippen LogP) is 2.83. The van der Waals surface area contributed by atoms with E-state index in [0.29, 0.717) is 24.1 Å². The second-order valence-corrected chi connectivity index (χ2v) is 9.33. The second-order valence-electron chi connectivity index (χ2n) is 7.68. The van der Waals surface area contributed by atoms with Crippen LogP contribution in [-0.2, 0) is 27.9 Å². The van der Waals surface area contributed by atoms with Crippen molar-refractivity contribution in [2.45, 2.75) is 31.8 Å². The number of amides is 1. The Balaban J connectivity index is 1.53. The number of hydrogen-bond acceptors (Lipinski definition) is 7. The highest BCUT2D eigenvalue weighted by Crippen LogP contribution is 2.31. The Hall–Kier alpha value is -4.30. The van der Waals surface area contributed by atoms with Crippen LogP contribution in [0, 0.1) is 18.8 Å². The maximum absolute atomic E-state index is 13.0. The van der Waals surface area contributed by atoms with Crippen molar-refractivity contribution in [1.29, 1.82) is 0 Å². The molecule has 1 amide bonds. The number of methoxy groups -OCH3 is 1. The highest BCUT2D eigenvalue weighted by molar-refractivity contribution is 7.92. The van der Waals surface area contributed by atoms with E-state index in [1.807, 2.05) is 19.2 Å². The van der Waals surface area contributed by atoms with Crippen LogP contribution in [0.1, 0.15) is 23.6 Å². The van der Waals surface area contributed by atoms with Gasteiger partial charge in [-0.25, -0.2) is 8.42 Å². The molecule has 4 rings (SSSR count). The van der Waals surface area contributed by atoms with Crippen molar-refractivity contribution in [2.24, 2.45) is 0 Å². The second kappa shape index (κ2) is 9.90. The van der Waals surface area contributed by atoms with Crippen molar-refractivity contribution < 1.29 is 22.5 Å². The number of para-hydroxylation sites is 1. The van der Waals surface area contributed by atoms with Crippen LogP contribution in [0.3, 0.4) is 0 Å². The average molecular weight is 494 g/mol. The lowest BCUT2D eigenvalue weighted by Crippen LogP contribution is -2.20. The molecule has 0 spiro atoms. The van der Waals surface area contributed by atoms with E-state index in [0.717, 1.165) is 16.7 Å². The molecular weight excluding hydrogens is 470 g/mol. The molecule has 0 unspecified atom stereocenters. The van der Waals surface area contributed by atoms with Crippen molar-refractivity contribution >= 4 is 32.7 Å². The van der Waals surface area contributed by atoms with Gasteiger partial charge in [-0.15, -0.1) is 0 Å². The Morgan fingerprint density at radius 1 is 1.23 bits per heavy atom. The lowest BCUT2D eigenvalue weighted by molar-refractivity contribution is -0.115. The number of benzene rings is 2. The predicted molar refractivity (Wildman–Crippen MR) is 129 cm³/mol. The Morgan fingerprint density at radius 2 is 2.03 bits per heavy atom. The zero-order valence-corrected chi connectivity index (χ0v) is 20.1. The fourth-order valence-corrected chi connectivity index (χ4v) is 4.82. The number of sulfonamides is 1. The summed E-state index contributed by atoms with van der Waals surface area (Å²) < 4.78 is 40.8. The topological polar surface area (TPSA) is 128 Å². The number of carbonyl (C=O) groups excluding carboxylic acids is 1. The van der Waals surface area contributed by atoms with Gasteiger partial charge in [-0.3, -0.25) is 14.2 Å². The lowest BCUT2D eigenvalue weighted by Gasteiger charge is -2.10. The summed E-state index contributed by atoms with van der Waals surface area (Å²) in [5.41, 5.74) is 2.95. The van der Waals surface area contributed by atoms with Gasteiger partial charge in [0.25, 0.3) is 15.9 Å². The van der Waals surface area contributed by atoms with Crippen molar-refractivity contribution in [3.05, 3.63) is 65.5 Å². The minimum atomic E-state index is -3.96. The molecule has 0 aliphatic heterocycles.